The van der Waals surface area contributed by atoms with Crippen LogP contribution in [0.25, 0.3) is 0 Å². The summed E-state index contributed by atoms with van der Waals surface area (Å²) in [5.41, 5.74) is 6.42. The Hall–Kier alpha value is -1.38. The Morgan fingerprint density at radius 3 is 2.47 bits per heavy atom. The third-order valence-electron chi connectivity index (χ3n) is 2.11. The number of benzene rings is 1. The predicted octanol–water partition coefficient (Wildman–Crippen LogP) is 1.47. The second-order valence-corrected chi connectivity index (χ2v) is 5.48. The van der Waals surface area contributed by atoms with E-state index >= 15 is 0 Å². The minimum absolute atomic E-state index is 0.336. The van der Waals surface area contributed by atoms with Crippen LogP contribution in [-0.2, 0) is 16.3 Å². The van der Waals surface area contributed by atoms with Crippen LogP contribution in [0.1, 0.15) is 12.5 Å². The monoisotopic (exact) mass is 223 g/mol. The highest BCUT2D eigenvalue weighted by Crippen LogP contribution is 2.14. The van der Waals surface area contributed by atoms with E-state index in [2.05, 4.69) is 4.36 Å². The van der Waals surface area contributed by atoms with Crippen molar-refractivity contribution in [2.75, 3.05) is 5.75 Å². The lowest BCUT2D eigenvalue weighted by atomic mass is 10.2. The molecule has 0 fully saturated rings. The molecule has 4 nitrogen and oxygen atoms in total. The first-order valence-corrected chi connectivity index (χ1v) is 6.26. The minimum atomic E-state index is -2.56. The molecule has 80 valence electrons. The molecule has 15 heavy (non-hydrogen) atoms. The van der Waals surface area contributed by atoms with E-state index in [1.54, 1.807) is 37.4 Å². The van der Waals surface area contributed by atoms with Crippen LogP contribution in [0.5, 0.6) is 0 Å². The highest BCUT2D eigenvalue weighted by molar-refractivity contribution is 7.93. The van der Waals surface area contributed by atoms with E-state index in [4.69, 9.17) is 11.0 Å². The van der Waals surface area contributed by atoms with Crippen molar-refractivity contribution in [2.45, 2.75) is 18.4 Å². The van der Waals surface area contributed by atoms with Crippen LogP contribution in [0.15, 0.2) is 33.5 Å². The molecule has 0 aliphatic heterocycles. The molecule has 1 aromatic rings. The highest BCUT2D eigenvalue weighted by Gasteiger charge is 2.09. The van der Waals surface area contributed by atoms with E-state index in [0.29, 0.717) is 17.2 Å². The van der Waals surface area contributed by atoms with Gasteiger partial charge in [0.15, 0.2) is 0 Å². The topological polar surface area (TPSA) is 79.2 Å². The maximum absolute atomic E-state index is 12.1. The van der Waals surface area contributed by atoms with Crippen LogP contribution in [0.3, 0.4) is 0 Å². The van der Waals surface area contributed by atoms with Gasteiger partial charge in [-0.2, -0.15) is 5.26 Å². The molecule has 1 atom stereocenters. The third-order valence-corrected chi connectivity index (χ3v) is 4.27. The van der Waals surface area contributed by atoms with Crippen molar-refractivity contribution in [2.24, 2.45) is 10.1 Å². The molecule has 0 aliphatic carbocycles. The summed E-state index contributed by atoms with van der Waals surface area (Å²) in [5, 5.41) is 8.48. The van der Waals surface area contributed by atoms with Gasteiger partial charge in [0.25, 0.3) is 0 Å². The number of nitriles is 1. The lowest BCUT2D eigenvalue weighted by Gasteiger charge is -2.05. The SMILES string of the molecule is CCS(=O)(=NC#N)c1ccc(CN)cc1. The van der Waals surface area contributed by atoms with E-state index in [9.17, 15) is 4.21 Å². The highest BCUT2D eigenvalue weighted by atomic mass is 32.2. The molecule has 0 heterocycles. The quantitative estimate of drug-likeness (QED) is 0.788. The first-order chi connectivity index (χ1) is 7.16. The van der Waals surface area contributed by atoms with Crippen LogP contribution in [0.2, 0.25) is 0 Å². The summed E-state index contributed by atoms with van der Waals surface area (Å²) in [4.78, 5) is 0.587. The molecule has 0 radical (unpaired) electrons. The Bertz CT molecular complexity index is 478. The smallest absolute Gasteiger partial charge is 0.214 e. The molecule has 1 aromatic carbocycles. The fourth-order valence-electron chi connectivity index (χ4n) is 1.19. The fourth-order valence-corrected chi connectivity index (χ4v) is 2.45. The average molecular weight is 223 g/mol. The summed E-state index contributed by atoms with van der Waals surface area (Å²) >= 11 is 0. The van der Waals surface area contributed by atoms with Gasteiger partial charge in [-0.05, 0) is 17.7 Å². The lowest BCUT2D eigenvalue weighted by molar-refractivity contribution is 0.677. The van der Waals surface area contributed by atoms with Crippen molar-refractivity contribution >= 4 is 9.73 Å². The normalized spacial score (nSPS) is 13.9. The van der Waals surface area contributed by atoms with E-state index in [1.807, 2.05) is 0 Å². The molecule has 0 spiro atoms. The molecular weight excluding hydrogens is 210 g/mol. The number of rotatable bonds is 3. The minimum Gasteiger partial charge on any atom is -0.326 e. The summed E-state index contributed by atoms with van der Waals surface area (Å²) < 4.78 is 15.6. The zero-order valence-corrected chi connectivity index (χ0v) is 9.33. The summed E-state index contributed by atoms with van der Waals surface area (Å²) in [5.74, 6) is 0.336. The van der Waals surface area contributed by atoms with E-state index < -0.39 is 9.73 Å². The maximum atomic E-state index is 12.1. The number of hydrogen-bond acceptors (Lipinski definition) is 4. The molecule has 0 amide bonds. The van der Waals surface area contributed by atoms with Gasteiger partial charge in [0.1, 0.15) is 0 Å². The van der Waals surface area contributed by atoms with Crippen molar-refractivity contribution < 1.29 is 4.21 Å². The first-order valence-electron chi connectivity index (χ1n) is 4.58. The molecule has 0 aromatic heterocycles. The molecule has 0 saturated heterocycles. The molecule has 0 saturated carbocycles. The van der Waals surface area contributed by atoms with Crippen LogP contribution in [0, 0.1) is 11.5 Å². The van der Waals surface area contributed by atoms with Gasteiger partial charge in [-0.1, -0.05) is 19.1 Å². The van der Waals surface area contributed by atoms with Crippen LogP contribution in [-0.4, -0.2) is 9.96 Å². The number of hydrogen-bond donors (Lipinski definition) is 1. The van der Waals surface area contributed by atoms with Crippen LogP contribution >= 0.6 is 0 Å². The van der Waals surface area contributed by atoms with Gasteiger partial charge >= 0.3 is 0 Å². The third kappa shape index (κ3) is 2.55. The molecule has 1 unspecified atom stereocenters. The van der Waals surface area contributed by atoms with Crippen molar-refractivity contribution in [1.29, 1.82) is 5.26 Å². The zero-order valence-electron chi connectivity index (χ0n) is 8.51. The van der Waals surface area contributed by atoms with Crippen molar-refractivity contribution in [3.8, 4) is 6.19 Å². The second-order valence-electron chi connectivity index (χ2n) is 2.97. The average Bonchev–Trinajstić information content (AvgIpc) is 2.29. The Kier molecular flexibility index (Phi) is 3.83. The first kappa shape index (κ1) is 11.7. The Morgan fingerprint density at radius 1 is 1.47 bits per heavy atom. The van der Waals surface area contributed by atoms with E-state index in [-0.39, 0.29) is 0 Å². The predicted molar refractivity (Wildman–Crippen MR) is 59.3 cm³/mol. The van der Waals surface area contributed by atoms with Gasteiger partial charge in [0, 0.05) is 17.2 Å². The van der Waals surface area contributed by atoms with Gasteiger partial charge in [-0.15, -0.1) is 4.36 Å². The fraction of sp³-hybridized carbons (Fsp3) is 0.300. The second kappa shape index (κ2) is 4.91. The largest absolute Gasteiger partial charge is 0.326 e. The van der Waals surface area contributed by atoms with Crippen molar-refractivity contribution in [3.63, 3.8) is 0 Å². The van der Waals surface area contributed by atoms with Gasteiger partial charge < -0.3 is 5.73 Å². The summed E-state index contributed by atoms with van der Waals surface area (Å²) in [6.45, 7) is 2.20. The van der Waals surface area contributed by atoms with Crippen LogP contribution in [0.4, 0.5) is 0 Å². The van der Waals surface area contributed by atoms with E-state index in [1.165, 1.54) is 0 Å². The molecule has 1 rings (SSSR count). The van der Waals surface area contributed by atoms with Crippen molar-refractivity contribution in [1.82, 2.24) is 0 Å². The number of nitrogens with zero attached hydrogens (tertiary/aromatic N) is 2. The van der Waals surface area contributed by atoms with Crippen LogP contribution < -0.4 is 5.73 Å². The summed E-state index contributed by atoms with van der Waals surface area (Å²) in [6.07, 6.45) is 1.61. The zero-order chi connectivity index (χ0) is 11.3. The summed E-state index contributed by atoms with van der Waals surface area (Å²) in [6, 6.07) is 7.04. The van der Waals surface area contributed by atoms with E-state index in [0.717, 1.165) is 5.56 Å². The van der Waals surface area contributed by atoms with Gasteiger partial charge in [-0.25, -0.2) is 4.21 Å². The molecule has 0 bridgehead atoms. The molecule has 5 heteroatoms. The molecule has 2 N–H and O–H groups in total. The Labute approximate surface area is 89.9 Å². The Balaban J connectivity index is 3.22. The number of nitrogens with two attached hydrogens (primary N) is 1. The molecular formula is C10H13N3OS. The molecule has 0 aliphatic rings. The Morgan fingerprint density at radius 2 is 2.07 bits per heavy atom. The standard InChI is InChI=1S/C10H13N3OS/c1-2-15(14,13-8-12)10-5-3-9(7-11)4-6-10/h3-6H,2,7,11H2,1H3. The van der Waals surface area contributed by atoms with Gasteiger partial charge in [-0.3, -0.25) is 0 Å². The van der Waals surface area contributed by atoms with Gasteiger partial charge in [0.05, 0.1) is 9.73 Å². The summed E-state index contributed by atoms with van der Waals surface area (Å²) in [7, 11) is -2.56. The maximum Gasteiger partial charge on any atom is 0.214 e. The van der Waals surface area contributed by atoms with Gasteiger partial charge in [0.2, 0.25) is 6.19 Å². The lowest BCUT2D eigenvalue weighted by Crippen LogP contribution is -2.04. The van der Waals surface area contributed by atoms with Crippen molar-refractivity contribution in [3.05, 3.63) is 29.8 Å².